The van der Waals surface area contributed by atoms with Crippen LogP contribution < -0.4 is 15.2 Å². The van der Waals surface area contributed by atoms with Gasteiger partial charge in [-0.05, 0) is 55.7 Å². The van der Waals surface area contributed by atoms with E-state index < -0.39 is 0 Å². The van der Waals surface area contributed by atoms with E-state index in [2.05, 4.69) is 6.92 Å². The molecule has 2 rings (SSSR count). The van der Waals surface area contributed by atoms with E-state index in [-0.39, 0.29) is 0 Å². The van der Waals surface area contributed by atoms with Crippen molar-refractivity contribution in [2.45, 2.75) is 39.0 Å². The van der Waals surface area contributed by atoms with E-state index in [0.717, 1.165) is 30.4 Å². The fraction of sp³-hybridized carbons (Fsp3) is 0.647. The van der Waals surface area contributed by atoms with Gasteiger partial charge in [-0.3, -0.25) is 0 Å². The van der Waals surface area contributed by atoms with Crippen LogP contribution in [0.4, 0.5) is 0 Å². The normalized spacial score (nSPS) is 25.6. The third-order valence-corrected chi connectivity index (χ3v) is 4.77. The van der Waals surface area contributed by atoms with Crippen LogP contribution >= 0.6 is 0 Å². The van der Waals surface area contributed by atoms with Gasteiger partial charge in [-0.1, -0.05) is 25.5 Å². The lowest BCUT2D eigenvalue weighted by atomic mass is 9.82. The smallest absolute Gasteiger partial charge is 0.161 e. The summed E-state index contributed by atoms with van der Waals surface area (Å²) < 4.78 is 11.2. The van der Waals surface area contributed by atoms with Crippen LogP contribution in [0.3, 0.4) is 0 Å². The first-order valence-electron chi connectivity index (χ1n) is 7.69. The zero-order chi connectivity index (χ0) is 14.4. The maximum atomic E-state index is 6.04. The molecule has 2 N–H and O–H groups in total. The Labute approximate surface area is 122 Å². The summed E-state index contributed by atoms with van der Waals surface area (Å²) in [6, 6.07) is 7.81. The molecule has 0 saturated heterocycles. The van der Waals surface area contributed by atoms with E-state index in [1.807, 2.05) is 24.3 Å². The highest BCUT2D eigenvalue weighted by atomic mass is 16.5. The largest absolute Gasteiger partial charge is 0.493 e. The second-order valence-corrected chi connectivity index (χ2v) is 5.97. The van der Waals surface area contributed by atoms with Crippen molar-refractivity contribution in [2.24, 2.45) is 17.1 Å². The van der Waals surface area contributed by atoms with Crippen molar-refractivity contribution in [3.8, 4) is 11.5 Å². The number of nitrogens with two attached hydrogens (primary N) is 1. The Balaban J connectivity index is 1.88. The zero-order valence-corrected chi connectivity index (χ0v) is 12.7. The fourth-order valence-corrected chi connectivity index (χ4v) is 3.31. The average molecular weight is 277 g/mol. The molecule has 2 unspecified atom stereocenters. The van der Waals surface area contributed by atoms with Crippen LogP contribution in [0.1, 0.15) is 39.0 Å². The summed E-state index contributed by atoms with van der Waals surface area (Å²) in [5.74, 6) is 2.48. The molecule has 20 heavy (non-hydrogen) atoms. The van der Waals surface area contributed by atoms with E-state index in [0.29, 0.717) is 12.0 Å². The molecule has 0 aromatic heterocycles. The maximum absolute atomic E-state index is 6.04. The number of ether oxygens (including phenoxy) is 2. The molecule has 3 heteroatoms. The highest BCUT2D eigenvalue weighted by Gasteiger charge is 2.37. The molecule has 1 aromatic rings. The predicted octanol–water partition coefficient (Wildman–Crippen LogP) is 3.62. The van der Waals surface area contributed by atoms with Crippen molar-refractivity contribution in [1.82, 2.24) is 0 Å². The molecule has 1 fully saturated rings. The molecular formula is C17H27NO2. The highest BCUT2D eigenvalue weighted by Crippen LogP contribution is 2.45. The minimum Gasteiger partial charge on any atom is -0.493 e. The summed E-state index contributed by atoms with van der Waals surface area (Å²) >= 11 is 0. The van der Waals surface area contributed by atoms with Crippen LogP contribution in [0.5, 0.6) is 11.5 Å². The number of hydrogen-bond donors (Lipinski definition) is 1. The minimum absolute atomic E-state index is 0.294. The van der Waals surface area contributed by atoms with Crippen molar-refractivity contribution in [1.29, 1.82) is 0 Å². The van der Waals surface area contributed by atoms with E-state index in [4.69, 9.17) is 15.2 Å². The van der Waals surface area contributed by atoms with Crippen LogP contribution in [0.25, 0.3) is 0 Å². The molecule has 112 valence electrons. The van der Waals surface area contributed by atoms with Crippen molar-refractivity contribution in [3.63, 3.8) is 0 Å². The van der Waals surface area contributed by atoms with E-state index in [9.17, 15) is 0 Å². The Hall–Kier alpha value is -1.22. The van der Waals surface area contributed by atoms with Gasteiger partial charge in [-0.15, -0.1) is 0 Å². The van der Waals surface area contributed by atoms with Gasteiger partial charge < -0.3 is 15.2 Å². The van der Waals surface area contributed by atoms with Crippen molar-refractivity contribution in [3.05, 3.63) is 24.3 Å². The van der Waals surface area contributed by atoms with E-state index in [1.54, 1.807) is 7.11 Å². The minimum atomic E-state index is 0.294. The van der Waals surface area contributed by atoms with Gasteiger partial charge in [0.05, 0.1) is 13.7 Å². The van der Waals surface area contributed by atoms with E-state index in [1.165, 1.54) is 25.7 Å². The molecule has 3 nitrogen and oxygen atoms in total. The Bertz CT molecular complexity index is 421. The molecular weight excluding hydrogens is 250 g/mol. The SMILES string of the molecule is CCC1CCC(CN)(CCOc2ccccc2OC)C1. The third kappa shape index (κ3) is 3.45. The number of hydrogen-bond acceptors (Lipinski definition) is 3. The van der Waals surface area contributed by atoms with Crippen LogP contribution in [0, 0.1) is 11.3 Å². The van der Waals surface area contributed by atoms with Gasteiger partial charge in [-0.2, -0.15) is 0 Å². The lowest BCUT2D eigenvalue weighted by Crippen LogP contribution is -2.29. The molecule has 0 radical (unpaired) electrons. The van der Waals surface area contributed by atoms with Gasteiger partial charge in [0.25, 0.3) is 0 Å². The average Bonchev–Trinajstić information content (AvgIpc) is 2.92. The summed E-state index contributed by atoms with van der Waals surface area (Å²) in [6.45, 7) is 3.77. The second-order valence-electron chi connectivity index (χ2n) is 5.97. The van der Waals surface area contributed by atoms with Crippen LogP contribution in [0.2, 0.25) is 0 Å². The predicted molar refractivity (Wildman–Crippen MR) is 82.2 cm³/mol. The number of benzene rings is 1. The Kier molecular flexibility index (Phi) is 5.30. The molecule has 0 spiro atoms. The lowest BCUT2D eigenvalue weighted by Gasteiger charge is -2.27. The van der Waals surface area contributed by atoms with Gasteiger partial charge >= 0.3 is 0 Å². The topological polar surface area (TPSA) is 44.5 Å². The second kappa shape index (κ2) is 6.98. The zero-order valence-electron chi connectivity index (χ0n) is 12.7. The fourth-order valence-electron chi connectivity index (χ4n) is 3.31. The van der Waals surface area contributed by atoms with Gasteiger partial charge in [-0.25, -0.2) is 0 Å². The first kappa shape index (κ1) is 15.2. The molecule has 0 heterocycles. The summed E-state index contributed by atoms with van der Waals surface area (Å²) in [4.78, 5) is 0. The third-order valence-electron chi connectivity index (χ3n) is 4.77. The van der Waals surface area contributed by atoms with Gasteiger partial charge in [0.15, 0.2) is 11.5 Å². The van der Waals surface area contributed by atoms with Gasteiger partial charge in [0.2, 0.25) is 0 Å². The summed E-state index contributed by atoms with van der Waals surface area (Å²) in [5.41, 5.74) is 6.34. The lowest BCUT2D eigenvalue weighted by molar-refractivity contribution is 0.194. The molecule has 0 amide bonds. The Morgan fingerprint density at radius 2 is 2.05 bits per heavy atom. The van der Waals surface area contributed by atoms with Crippen molar-refractivity contribution in [2.75, 3.05) is 20.3 Å². The number of rotatable bonds is 7. The quantitative estimate of drug-likeness (QED) is 0.828. The standard InChI is InChI=1S/C17H27NO2/c1-3-14-8-9-17(12-14,13-18)10-11-20-16-7-5-4-6-15(16)19-2/h4-7,14H,3,8-13,18H2,1-2H3. The first-order valence-corrected chi connectivity index (χ1v) is 7.69. The summed E-state index contributed by atoms with van der Waals surface area (Å²) in [6.07, 6.45) is 6.14. The molecule has 0 aliphatic heterocycles. The van der Waals surface area contributed by atoms with Crippen molar-refractivity contribution >= 4 is 0 Å². The molecule has 1 aromatic carbocycles. The molecule has 0 bridgehead atoms. The van der Waals surface area contributed by atoms with Crippen LogP contribution in [0.15, 0.2) is 24.3 Å². The van der Waals surface area contributed by atoms with Crippen LogP contribution in [-0.2, 0) is 0 Å². The monoisotopic (exact) mass is 277 g/mol. The number of para-hydroxylation sites is 2. The first-order chi connectivity index (χ1) is 9.73. The van der Waals surface area contributed by atoms with E-state index >= 15 is 0 Å². The maximum Gasteiger partial charge on any atom is 0.161 e. The Morgan fingerprint density at radius 3 is 2.65 bits per heavy atom. The van der Waals surface area contributed by atoms with Crippen LogP contribution in [-0.4, -0.2) is 20.3 Å². The van der Waals surface area contributed by atoms with Gasteiger partial charge in [0, 0.05) is 0 Å². The molecule has 1 aliphatic carbocycles. The Morgan fingerprint density at radius 1 is 1.30 bits per heavy atom. The molecule has 1 aliphatic rings. The van der Waals surface area contributed by atoms with Gasteiger partial charge in [0.1, 0.15) is 0 Å². The molecule has 1 saturated carbocycles. The summed E-state index contributed by atoms with van der Waals surface area (Å²) in [5, 5.41) is 0. The molecule has 2 atom stereocenters. The number of methoxy groups -OCH3 is 1. The summed E-state index contributed by atoms with van der Waals surface area (Å²) in [7, 11) is 1.67. The highest BCUT2D eigenvalue weighted by molar-refractivity contribution is 5.39. The van der Waals surface area contributed by atoms with Crippen molar-refractivity contribution < 1.29 is 9.47 Å².